The van der Waals surface area contributed by atoms with Crippen molar-refractivity contribution < 1.29 is 13.9 Å². The Hall–Kier alpha value is -1.79. The number of hydrogen-bond acceptors (Lipinski definition) is 4. The maximum absolute atomic E-state index is 12.9. The summed E-state index contributed by atoms with van der Waals surface area (Å²) in [6.45, 7) is 2.31. The molecule has 0 fully saturated rings. The molecule has 0 aliphatic rings. The Bertz CT molecular complexity index is 517. The summed E-state index contributed by atoms with van der Waals surface area (Å²) in [5, 5.41) is 12.9. The van der Waals surface area contributed by atoms with Crippen LogP contribution < -0.4 is 0 Å². The predicted octanol–water partition coefficient (Wildman–Crippen LogP) is 1.25. The average Bonchev–Trinajstić information content (AvgIpc) is 2.46. The van der Waals surface area contributed by atoms with Crippen LogP contribution in [0.2, 0.25) is 0 Å². The summed E-state index contributed by atoms with van der Waals surface area (Å²) in [7, 11) is 0. The Labute approximate surface area is 83.4 Å². The molecular weight excluding hydrogens is 206 g/mol. The van der Waals surface area contributed by atoms with Crippen LogP contribution in [0.25, 0.3) is 5.78 Å². The van der Waals surface area contributed by atoms with Crippen molar-refractivity contribution in [3.05, 3.63) is 17.6 Å². The zero-order valence-electron chi connectivity index (χ0n) is 8.07. The zero-order chi connectivity index (χ0) is 11.2. The molecule has 1 N–H and O–H groups in total. The van der Waals surface area contributed by atoms with Gasteiger partial charge in [0.2, 0.25) is 11.7 Å². The predicted molar refractivity (Wildman–Crippen MR) is 46.8 cm³/mol. The fourth-order valence-electron chi connectivity index (χ4n) is 1.15. The van der Waals surface area contributed by atoms with Crippen LogP contribution in [0.5, 0.6) is 5.88 Å². The van der Waals surface area contributed by atoms with E-state index in [0.29, 0.717) is 12.6 Å². The van der Waals surface area contributed by atoms with E-state index in [0.717, 1.165) is 4.52 Å². The summed E-state index contributed by atoms with van der Waals surface area (Å²) in [5.74, 6) is -4.10. The van der Waals surface area contributed by atoms with E-state index in [1.54, 1.807) is 6.92 Å². The first-order chi connectivity index (χ1) is 6.88. The molecule has 0 saturated carbocycles. The minimum Gasteiger partial charge on any atom is -0.493 e. The number of aromatic nitrogens is 4. The van der Waals surface area contributed by atoms with E-state index in [2.05, 4.69) is 15.1 Å². The standard InChI is InChI=1S/C8H8F2N4O/c1-4-3-5(15)14-7(11-4)12-6(13-14)8(2,9)10/h3,15H,1-2H3. The fourth-order valence-corrected chi connectivity index (χ4v) is 1.15. The Kier molecular flexibility index (Phi) is 1.85. The van der Waals surface area contributed by atoms with Crippen molar-refractivity contribution in [1.29, 1.82) is 0 Å². The van der Waals surface area contributed by atoms with E-state index in [-0.39, 0.29) is 11.7 Å². The molecular formula is C8H8F2N4O. The number of rotatable bonds is 1. The first kappa shape index (κ1) is 9.75. The van der Waals surface area contributed by atoms with E-state index in [1.807, 2.05) is 0 Å². The van der Waals surface area contributed by atoms with Gasteiger partial charge < -0.3 is 5.11 Å². The molecule has 7 heteroatoms. The lowest BCUT2D eigenvalue weighted by Crippen LogP contribution is -2.09. The number of alkyl halides is 2. The summed E-state index contributed by atoms with van der Waals surface area (Å²) in [6.07, 6.45) is 0. The number of aromatic hydroxyl groups is 1. The molecule has 0 bridgehead atoms. The molecule has 80 valence electrons. The topological polar surface area (TPSA) is 63.3 Å². The number of fused-ring (bicyclic) bond motifs is 1. The van der Waals surface area contributed by atoms with Gasteiger partial charge in [-0.2, -0.15) is 18.3 Å². The monoisotopic (exact) mass is 214 g/mol. The van der Waals surface area contributed by atoms with Gasteiger partial charge in [0.05, 0.1) is 0 Å². The molecule has 2 aromatic heterocycles. The van der Waals surface area contributed by atoms with Crippen molar-refractivity contribution in [1.82, 2.24) is 19.6 Å². The van der Waals surface area contributed by atoms with Gasteiger partial charge in [-0.25, -0.2) is 4.98 Å². The lowest BCUT2D eigenvalue weighted by atomic mass is 10.4. The number of hydrogen-bond donors (Lipinski definition) is 1. The third-order valence-electron chi connectivity index (χ3n) is 1.81. The molecule has 0 spiro atoms. The minimum atomic E-state index is -3.14. The Morgan fingerprint density at radius 3 is 2.67 bits per heavy atom. The van der Waals surface area contributed by atoms with Crippen molar-refractivity contribution in [2.45, 2.75) is 19.8 Å². The second kappa shape index (κ2) is 2.85. The SMILES string of the molecule is Cc1cc(O)n2nc(C(C)(F)F)nc2n1. The highest BCUT2D eigenvalue weighted by Gasteiger charge is 2.30. The van der Waals surface area contributed by atoms with Crippen LogP contribution in [0.4, 0.5) is 8.78 Å². The first-order valence-corrected chi connectivity index (χ1v) is 4.19. The normalized spacial score (nSPS) is 12.3. The smallest absolute Gasteiger partial charge is 0.305 e. The average molecular weight is 214 g/mol. The maximum atomic E-state index is 12.9. The molecule has 2 heterocycles. The highest BCUT2D eigenvalue weighted by atomic mass is 19.3. The van der Waals surface area contributed by atoms with E-state index >= 15 is 0 Å². The van der Waals surface area contributed by atoms with Gasteiger partial charge in [-0.15, -0.1) is 5.10 Å². The van der Waals surface area contributed by atoms with Gasteiger partial charge in [0.15, 0.2) is 0 Å². The van der Waals surface area contributed by atoms with Gasteiger partial charge in [-0.05, 0) is 6.92 Å². The highest BCUT2D eigenvalue weighted by Crippen LogP contribution is 2.24. The summed E-state index contributed by atoms with van der Waals surface area (Å²) in [6, 6.07) is 1.32. The van der Waals surface area contributed by atoms with Crippen molar-refractivity contribution in [3.8, 4) is 5.88 Å². The number of aryl methyl sites for hydroxylation is 1. The van der Waals surface area contributed by atoms with Gasteiger partial charge >= 0.3 is 5.92 Å². The van der Waals surface area contributed by atoms with Gasteiger partial charge in [0, 0.05) is 18.7 Å². The minimum absolute atomic E-state index is 0.0379. The third kappa shape index (κ3) is 1.60. The molecule has 2 aromatic rings. The van der Waals surface area contributed by atoms with Crippen LogP contribution in [0.3, 0.4) is 0 Å². The van der Waals surface area contributed by atoms with Crippen LogP contribution >= 0.6 is 0 Å². The molecule has 0 radical (unpaired) electrons. The van der Waals surface area contributed by atoms with Gasteiger partial charge in [0.1, 0.15) is 0 Å². The Morgan fingerprint density at radius 2 is 2.07 bits per heavy atom. The molecule has 15 heavy (non-hydrogen) atoms. The first-order valence-electron chi connectivity index (χ1n) is 4.19. The molecule has 0 aliphatic carbocycles. The van der Waals surface area contributed by atoms with Gasteiger partial charge in [0.25, 0.3) is 5.78 Å². The van der Waals surface area contributed by atoms with E-state index in [1.165, 1.54) is 6.07 Å². The Morgan fingerprint density at radius 1 is 1.40 bits per heavy atom. The highest BCUT2D eigenvalue weighted by molar-refractivity contribution is 5.33. The van der Waals surface area contributed by atoms with Crippen molar-refractivity contribution in [2.75, 3.05) is 0 Å². The molecule has 0 saturated heterocycles. The summed E-state index contributed by atoms with van der Waals surface area (Å²) in [5.41, 5.74) is 0.485. The third-order valence-corrected chi connectivity index (χ3v) is 1.81. The fraction of sp³-hybridized carbons (Fsp3) is 0.375. The number of halogens is 2. The molecule has 2 rings (SSSR count). The van der Waals surface area contributed by atoms with Crippen LogP contribution in [-0.4, -0.2) is 24.7 Å². The van der Waals surface area contributed by atoms with E-state index in [9.17, 15) is 13.9 Å². The molecule has 0 aliphatic heterocycles. The van der Waals surface area contributed by atoms with Crippen LogP contribution in [0, 0.1) is 6.92 Å². The van der Waals surface area contributed by atoms with Crippen LogP contribution in [-0.2, 0) is 5.92 Å². The summed E-state index contributed by atoms with van der Waals surface area (Å²) >= 11 is 0. The largest absolute Gasteiger partial charge is 0.493 e. The molecule has 0 unspecified atom stereocenters. The second-order valence-corrected chi connectivity index (χ2v) is 3.29. The molecule has 0 atom stereocenters. The van der Waals surface area contributed by atoms with E-state index in [4.69, 9.17) is 0 Å². The quantitative estimate of drug-likeness (QED) is 0.775. The van der Waals surface area contributed by atoms with Gasteiger partial charge in [-0.1, -0.05) is 0 Å². The number of nitrogens with zero attached hydrogens (tertiary/aromatic N) is 4. The lowest BCUT2D eigenvalue weighted by molar-refractivity contribution is 0.00793. The summed E-state index contributed by atoms with van der Waals surface area (Å²) < 4.78 is 26.6. The van der Waals surface area contributed by atoms with Gasteiger partial charge in [-0.3, -0.25) is 0 Å². The summed E-state index contributed by atoms with van der Waals surface area (Å²) in [4.78, 5) is 7.40. The van der Waals surface area contributed by atoms with E-state index < -0.39 is 11.7 Å². The van der Waals surface area contributed by atoms with Crippen molar-refractivity contribution >= 4 is 5.78 Å². The lowest BCUT2D eigenvalue weighted by Gasteiger charge is -2.01. The molecule has 0 aromatic carbocycles. The molecule has 5 nitrogen and oxygen atoms in total. The molecule has 0 amide bonds. The Balaban J connectivity index is 2.71. The second-order valence-electron chi connectivity index (χ2n) is 3.29. The van der Waals surface area contributed by atoms with Crippen LogP contribution in [0.1, 0.15) is 18.4 Å². The maximum Gasteiger partial charge on any atom is 0.305 e. The van der Waals surface area contributed by atoms with Crippen LogP contribution in [0.15, 0.2) is 6.07 Å². The van der Waals surface area contributed by atoms with Crippen molar-refractivity contribution in [2.24, 2.45) is 0 Å². The zero-order valence-corrected chi connectivity index (χ0v) is 8.07. The van der Waals surface area contributed by atoms with Crippen molar-refractivity contribution in [3.63, 3.8) is 0 Å².